The van der Waals surface area contributed by atoms with Crippen molar-refractivity contribution >= 4 is 33.3 Å². The quantitative estimate of drug-likeness (QED) is 0.215. The Balaban J connectivity index is 0.00000230. The van der Waals surface area contributed by atoms with Crippen LogP contribution < -0.4 is 10.1 Å². The van der Waals surface area contributed by atoms with Crippen LogP contribution in [0.25, 0.3) is 11.3 Å². The van der Waals surface area contributed by atoms with Crippen molar-refractivity contribution in [1.82, 2.24) is 9.29 Å². The molecule has 2 N–H and O–H groups in total. The van der Waals surface area contributed by atoms with Crippen molar-refractivity contribution in [2.45, 2.75) is 48.6 Å². The van der Waals surface area contributed by atoms with Crippen molar-refractivity contribution in [3.63, 3.8) is 0 Å². The largest absolute Gasteiger partial charge is 0.489 e. The molecule has 1 aliphatic heterocycles. The predicted octanol–water partition coefficient (Wildman–Crippen LogP) is 6.29. The molecule has 0 bridgehead atoms. The van der Waals surface area contributed by atoms with Gasteiger partial charge in [0.05, 0.1) is 22.6 Å². The Morgan fingerprint density at radius 2 is 1.81 bits per heavy atom. The van der Waals surface area contributed by atoms with Gasteiger partial charge in [0, 0.05) is 31.6 Å². The maximum Gasteiger partial charge on any atom is 0.243 e. The lowest BCUT2D eigenvalue weighted by Crippen LogP contribution is -2.37. The molecule has 0 unspecified atom stereocenters. The third kappa shape index (κ3) is 6.03. The Morgan fingerprint density at radius 3 is 2.53 bits per heavy atom. The van der Waals surface area contributed by atoms with E-state index in [1.54, 1.807) is 36.4 Å². The smallest absolute Gasteiger partial charge is 0.243 e. The number of ether oxygens (including phenoxy) is 1. The lowest BCUT2D eigenvalue weighted by Gasteiger charge is -2.22. The number of rotatable bonds is 10. The molecule has 2 heterocycles. The minimum Gasteiger partial charge on any atom is -0.489 e. The van der Waals surface area contributed by atoms with Crippen LogP contribution in [0.15, 0.2) is 95.9 Å². The highest BCUT2D eigenvalue weighted by atomic mass is 35.5. The average molecular weight is 622 g/mol. The number of hydrogen-bond donors (Lipinski definition) is 2. The van der Waals surface area contributed by atoms with E-state index < -0.39 is 15.4 Å². The summed E-state index contributed by atoms with van der Waals surface area (Å²) < 4.78 is 33.5. The molecule has 1 atom stereocenters. The first-order chi connectivity index (χ1) is 20.8. The lowest BCUT2D eigenvalue weighted by atomic mass is 9.93. The van der Waals surface area contributed by atoms with Gasteiger partial charge in [-0.2, -0.15) is 4.31 Å². The molecule has 0 spiro atoms. The Kier molecular flexibility index (Phi) is 8.24. The zero-order valence-electron chi connectivity index (χ0n) is 23.4. The molecule has 1 saturated carbocycles. The van der Waals surface area contributed by atoms with E-state index in [0.717, 1.165) is 28.9 Å². The molecule has 4 aromatic rings. The standard InChI is InChI=1S/C33H32ClN3O5S.2H2/c34-29-16-13-25(20-24(29)22-42-27-7-2-1-3-8-27)33(17-18-33)32(39)36-31-10-4-9-30(35-31)23-11-14-28(15-12-23)43(40,41)37-19-5-6-26(37)21-38;;/h1-4,7-16,20,26,38H,5-6,17-19,21-22H2,(H,35,36,39);2*1H/t26-;;/m1../s1. The Bertz CT molecular complexity index is 1740. The van der Waals surface area contributed by atoms with E-state index in [9.17, 15) is 18.3 Å². The Hall–Kier alpha value is -3.76. The van der Waals surface area contributed by atoms with Crippen molar-refractivity contribution in [3.8, 4) is 17.0 Å². The molecule has 2 aliphatic rings. The zero-order chi connectivity index (χ0) is 30.0. The summed E-state index contributed by atoms with van der Waals surface area (Å²) in [6.07, 6.45) is 2.81. The van der Waals surface area contributed by atoms with Gasteiger partial charge < -0.3 is 15.2 Å². The summed E-state index contributed by atoms with van der Waals surface area (Å²) >= 11 is 6.46. The summed E-state index contributed by atoms with van der Waals surface area (Å²) in [5.41, 5.74) is 2.35. The molecule has 0 radical (unpaired) electrons. The van der Waals surface area contributed by atoms with Crippen LogP contribution >= 0.6 is 11.6 Å². The van der Waals surface area contributed by atoms with Crippen LogP contribution in [0.3, 0.4) is 0 Å². The number of halogens is 1. The van der Waals surface area contributed by atoms with E-state index in [1.165, 1.54) is 4.31 Å². The molecule has 10 heteroatoms. The van der Waals surface area contributed by atoms with E-state index in [-0.39, 0.29) is 32.9 Å². The van der Waals surface area contributed by atoms with Crippen molar-refractivity contribution in [2.75, 3.05) is 18.5 Å². The summed E-state index contributed by atoms with van der Waals surface area (Å²) in [7, 11) is -3.70. The number of sulfonamides is 1. The van der Waals surface area contributed by atoms with Gasteiger partial charge in [-0.15, -0.1) is 0 Å². The summed E-state index contributed by atoms with van der Waals surface area (Å²) in [6.45, 7) is 0.500. The number of anilines is 1. The highest BCUT2D eigenvalue weighted by Gasteiger charge is 2.51. The van der Waals surface area contributed by atoms with Gasteiger partial charge in [0.25, 0.3) is 0 Å². The van der Waals surface area contributed by atoms with Gasteiger partial charge in [0.15, 0.2) is 0 Å². The molecule has 1 amide bonds. The summed E-state index contributed by atoms with van der Waals surface area (Å²) in [5, 5.41) is 13.1. The maximum absolute atomic E-state index is 13.5. The van der Waals surface area contributed by atoms with E-state index >= 15 is 0 Å². The third-order valence-corrected chi connectivity index (χ3v) is 10.5. The lowest BCUT2D eigenvalue weighted by molar-refractivity contribution is -0.118. The van der Waals surface area contributed by atoms with Crippen LogP contribution in [0.4, 0.5) is 5.82 Å². The zero-order valence-corrected chi connectivity index (χ0v) is 25.0. The van der Waals surface area contributed by atoms with Crippen LogP contribution in [0, 0.1) is 0 Å². The average Bonchev–Trinajstić information content (AvgIpc) is 3.70. The monoisotopic (exact) mass is 621 g/mol. The minimum absolute atomic E-state index is 0. The van der Waals surface area contributed by atoms with Gasteiger partial charge in [-0.3, -0.25) is 4.79 Å². The second-order valence-corrected chi connectivity index (χ2v) is 13.3. The second kappa shape index (κ2) is 12.1. The SMILES string of the molecule is O=C(Nc1cccc(-c2ccc(S(=O)(=O)N3CCC[C@@H]3CO)cc2)n1)C1(c2ccc(Cl)c(COc3ccccc3)c2)CC1.[HH].[HH]. The van der Waals surface area contributed by atoms with Crippen molar-refractivity contribution < 1.29 is 25.9 Å². The van der Waals surface area contributed by atoms with Gasteiger partial charge in [-0.25, -0.2) is 13.4 Å². The number of pyridine rings is 1. The highest BCUT2D eigenvalue weighted by Crippen LogP contribution is 2.49. The molecule has 1 aliphatic carbocycles. The fourth-order valence-electron chi connectivity index (χ4n) is 5.57. The first kappa shape index (κ1) is 29.3. The number of aliphatic hydroxyl groups is 1. The van der Waals surface area contributed by atoms with E-state index in [1.807, 2.05) is 54.6 Å². The molecule has 226 valence electrons. The number of benzene rings is 3. The maximum atomic E-state index is 13.5. The second-order valence-electron chi connectivity index (χ2n) is 11.0. The summed E-state index contributed by atoms with van der Waals surface area (Å²) in [6, 6.07) is 26.7. The Morgan fingerprint density at radius 1 is 1.05 bits per heavy atom. The molecule has 6 rings (SSSR count). The first-order valence-corrected chi connectivity index (χ1v) is 16.1. The number of amides is 1. The van der Waals surface area contributed by atoms with E-state index in [4.69, 9.17) is 16.3 Å². The molecule has 1 aromatic heterocycles. The molecule has 43 heavy (non-hydrogen) atoms. The van der Waals surface area contributed by atoms with Crippen LogP contribution in [-0.4, -0.2) is 47.9 Å². The van der Waals surface area contributed by atoms with Crippen molar-refractivity contribution in [3.05, 3.63) is 107 Å². The molecular weight excluding hydrogens is 586 g/mol. The van der Waals surface area contributed by atoms with Gasteiger partial charge >= 0.3 is 0 Å². The van der Waals surface area contributed by atoms with Gasteiger partial charge in [-0.1, -0.05) is 54.1 Å². The first-order valence-electron chi connectivity index (χ1n) is 14.3. The molecule has 8 nitrogen and oxygen atoms in total. The van der Waals surface area contributed by atoms with Crippen molar-refractivity contribution in [2.24, 2.45) is 0 Å². The fourth-order valence-corrected chi connectivity index (χ4v) is 7.43. The number of nitrogens with one attached hydrogen (secondary N) is 1. The van der Waals surface area contributed by atoms with E-state index in [0.29, 0.717) is 42.3 Å². The highest BCUT2D eigenvalue weighted by molar-refractivity contribution is 7.89. The third-order valence-electron chi connectivity index (χ3n) is 8.20. The number of hydrogen-bond acceptors (Lipinski definition) is 6. The van der Waals surface area contributed by atoms with Crippen LogP contribution in [0.2, 0.25) is 5.02 Å². The van der Waals surface area contributed by atoms with Crippen LogP contribution in [0.5, 0.6) is 5.75 Å². The van der Waals surface area contributed by atoms with Gasteiger partial charge in [-0.05, 0) is 79.8 Å². The number of carbonyl (C=O) groups excluding carboxylic acids is 1. The molecule has 2 fully saturated rings. The molecular formula is C33H36ClN3O5S. The fraction of sp³-hybridized carbons (Fsp3) is 0.273. The number of carbonyl (C=O) groups is 1. The minimum atomic E-state index is -3.70. The predicted molar refractivity (Wildman–Crippen MR) is 170 cm³/mol. The Labute approximate surface area is 259 Å². The molecule has 3 aromatic carbocycles. The normalized spacial score (nSPS) is 17.9. The van der Waals surface area contributed by atoms with Gasteiger partial charge in [0.2, 0.25) is 15.9 Å². The van der Waals surface area contributed by atoms with Crippen LogP contribution in [-0.2, 0) is 26.8 Å². The number of para-hydroxylation sites is 1. The number of aliphatic hydroxyl groups excluding tert-OH is 1. The topological polar surface area (TPSA) is 109 Å². The number of nitrogens with zero attached hydrogens (tertiary/aromatic N) is 2. The van der Waals surface area contributed by atoms with Gasteiger partial charge in [0.1, 0.15) is 18.2 Å². The molecule has 1 saturated heterocycles. The van der Waals surface area contributed by atoms with E-state index in [2.05, 4.69) is 10.3 Å². The van der Waals surface area contributed by atoms with Crippen LogP contribution in [0.1, 0.15) is 39.7 Å². The summed E-state index contributed by atoms with van der Waals surface area (Å²) in [4.78, 5) is 18.4. The van der Waals surface area contributed by atoms with Crippen molar-refractivity contribution in [1.29, 1.82) is 0 Å². The summed E-state index contributed by atoms with van der Waals surface area (Å²) in [5.74, 6) is 1.02. The number of aromatic nitrogens is 1.